The SMILES string of the molecule is CCc1nc2cc(NC(=O)C3(N)CCOCC3)ccc2o1. The van der Waals surface area contributed by atoms with Crippen molar-refractivity contribution < 1.29 is 13.9 Å². The zero-order valence-corrected chi connectivity index (χ0v) is 12.0. The lowest BCUT2D eigenvalue weighted by molar-refractivity contribution is -0.124. The minimum Gasteiger partial charge on any atom is -0.441 e. The van der Waals surface area contributed by atoms with E-state index in [0.717, 1.165) is 17.5 Å². The van der Waals surface area contributed by atoms with Gasteiger partial charge in [-0.1, -0.05) is 6.92 Å². The van der Waals surface area contributed by atoms with Crippen LogP contribution in [0.1, 0.15) is 25.7 Å². The van der Waals surface area contributed by atoms with E-state index < -0.39 is 5.54 Å². The molecule has 112 valence electrons. The molecule has 3 N–H and O–H groups in total. The number of hydrogen-bond acceptors (Lipinski definition) is 5. The molecule has 1 amide bonds. The highest BCUT2D eigenvalue weighted by Gasteiger charge is 2.35. The third-order valence-corrected chi connectivity index (χ3v) is 3.83. The Bertz CT molecular complexity index is 659. The van der Waals surface area contributed by atoms with Crippen LogP contribution in [0.5, 0.6) is 0 Å². The Morgan fingerprint density at radius 3 is 2.90 bits per heavy atom. The summed E-state index contributed by atoms with van der Waals surface area (Å²) in [7, 11) is 0. The molecule has 1 aliphatic rings. The minimum atomic E-state index is -0.856. The highest BCUT2D eigenvalue weighted by Crippen LogP contribution is 2.23. The third-order valence-electron chi connectivity index (χ3n) is 3.83. The van der Waals surface area contributed by atoms with Gasteiger partial charge in [0.15, 0.2) is 11.5 Å². The van der Waals surface area contributed by atoms with Crippen molar-refractivity contribution in [3.8, 4) is 0 Å². The fourth-order valence-corrected chi connectivity index (χ4v) is 2.42. The largest absolute Gasteiger partial charge is 0.441 e. The maximum atomic E-state index is 12.4. The lowest BCUT2D eigenvalue weighted by Gasteiger charge is -2.31. The highest BCUT2D eigenvalue weighted by atomic mass is 16.5. The van der Waals surface area contributed by atoms with Crippen LogP contribution < -0.4 is 11.1 Å². The Kier molecular flexibility index (Phi) is 3.65. The molecule has 0 atom stereocenters. The van der Waals surface area contributed by atoms with Crippen molar-refractivity contribution >= 4 is 22.7 Å². The van der Waals surface area contributed by atoms with E-state index in [0.29, 0.717) is 37.6 Å². The number of carbonyl (C=O) groups excluding carboxylic acids is 1. The van der Waals surface area contributed by atoms with Gasteiger partial charge in [0.05, 0.1) is 0 Å². The molecule has 0 unspecified atom stereocenters. The fraction of sp³-hybridized carbons (Fsp3) is 0.467. The van der Waals surface area contributed by atoms with Crippen LogP contribution in [0.3, 0.4) is 0 Å². The Balaban J connectivity index is 1.79. The van der Waals surface area contributed by atoms with E-state index in [9.17, 15) is 4.79 Å². The molecule has 1 fully saturated rings. The predicted octanol–water partition coefficient (Wildman–Crippen LogP) is 1.84. The number of fused-ring (bicyclic) bond motifs is 1. The monoisotopic (exact) mass is 289 g/mol. The Morgan fingerprint density at radius 1 is 1.43 bits per heavy atom. The van der Waals surface area contributed by atoms with E-state index in [4.69, 9.17) is 14.9 Å². The van der Waals surface area contributed by atoms with Gasteiger partial charge in [0.25, 0.3) is 0 Å². The van der Waals surface area contributed by atoms with Gasteiger partial charge < -0.3 is 20.2 Å². The number of hydrogen-bond donors (Lipinski definition) is 2. The Hall–Kier alpha value is -1.92. The maximum absolute atomic E-state index is 12.4. The van der Waals surface area contributed by atoms with E-state index >= 15 is 0 Å². The van der Waals surface area contributed by atoms with Crippen molar-refractivity contribution in [3.63, 3.8) is 0 Å². The maximum Gasteiger partial charge on any atom is 0.244 e. The van der Waals surface area contributed by atoms with Gasteiger partial charge in [-0.05, 0) is 31.0 Å². The van der Waals surface area contributed by atoms with Gasteiger partial charge in [-0.2, -0.15) is 0 Å². The first-order valence-electron chi connectivity index (χ1n) is 7.18. The van der Waals surface area contributed by atoms with E-state index in [1.165, 1.54) is 0 Å². The van der Waals surface area contributed by atoms with Gasteiger partial charge in [0.1, 0.15) is 11.1 Å². The topological polar surface area (TPSA) is 90.4 Å². The van der Waals surface area contributed by atoms with Crippen LogP contribution in [0.4, 0.5) is 5.69 Å². The van der Waals surface area contributed by atoms with Gasteiger partial charge >= 0.3 is 0 Å². The number of nitrogens with two attached hydrogens (primary N) is 1. The van der Waals surface area contributed by atoms with Gasteiger partial charge in [0.2, 0.25) is 5.91 Å². The number of aromatic nitrogens is 1. The second-order valence-electron chi connectivity index (χ2n) is 5.37. The number of ether oxygens (including phenoxy) is 1. The molecule has 0 spiro atoms. The van der Waals surface area contributed by atoms with E-state index in [1.807, 2.05) is 13.0 Å². The summed E-state index contributed by atoms with van der Waals surface area (Å²) in [6.07, 6.45) is 1.80. The standard InChI is InChI=1S/C15H19N3O3/c1-2-13-18-11-9-10(3-4-12(11)21-13)17-14(19)15(16)5-7-20-8-6-15/h3-4,9H,2,5-8,16H2,1H3,(H,17,19). The summed E-state index contributed by atoms with van der Waals surface area (Å²) in [5.74, 6) is 0.512. The minimum absolute atomic E-state index is 0.177. The van der Waals surface area contributed by atoms with Crippen LogP contribution in [0, 0.1) is 0 Å². The number of benzene rings is 1. The Labute approximate surface area is 122 Å². The summed E-state index contributed by atoms with van der Waals surface area (Å²) < 4.78 is 10.8. The molecule has 21 heavy (non-hydrogen) atoms. The number of carbonyl (C=O) groups is 1. The second kappa shape index (κ2) is 5.46. The lowest BCUT2D eigenvalue weighted by atomic mass is 9.90. The highest BCUT2D eigenvalue weighted by molar-refractivity contribution is 5.99. The molecule has 0 radical (unpaired) electrons. The van der Waals surface area contributed by atoms with E-state index in [2.05, 4.69) is 10.3 Å². The zero-order valence-electron chi connectivity index (χ0n) is 12.0. The average molecular weight is 289 g/mol. The normalized spacial score (nSPS) is 17.8. The van der Waals surface area contributed by atoms with Crippen LogP contribution in [-0.2, 0) is 16.0 Å². The summed E-state index contributed by atoms with van der Waals surface area (Å²) in [6.45, 7) is 3.02. The summed E-state index contributed by atoms with van der Waals surface area (Å²) in [5.41, 5.74) is 7.45. The number of amides is 1. The smallest absolute Gasteiger partial charge is 0.244 e. The first kappa shape index (κ1) is 14.0. The van der Waals surface area contributed by atoms with Crippen LogP contribution >= 0.6 is 0 Å². The molecule has 0 saturated carbocycles. The molecule has 1 aromatic carbocycles. The summed E-state index contributed by atoms with van der Waals surface area (Å²) in [4.78, 5) is 16.7. The molecular formula is C15H19N3O3. The Morgan fingerprint density at radius 2 is 2.19 bits per heavy atom. The molecule has 0 bridgehead atoms. The molecule has 2 heterocycles. The number of oxazole rings is 1. The molecule has 6 nitrogen and oxygen atoms in total. The molecule has 3 rings (SSSR count). The predicted molar refractivity (Wildman–Crippen MR) is 79.0 cm³/mol. The lowest BCUT2D eigenvalue weighted by Crippen LogP contribution is -2.54. The molecule has 6 heteroatoms. The van der Waals surface area contributed by atoms with Crippen molar-refractivity contribution in [3.05, 3.63) is 24.1 Å². The van der Waals surface area contributed by atoms with Crippen LogP contribution in [0.15, 0.2) is 22.6 Å². The van der Waals surface area contributed by atoms with Crippen molar-refractivity contribution in [2.75, 3.05) is 18.5 Å². The molecule has 1 aliphatic heterocycles. The van der Waals surface area contributed by atoms with Gasteiger partial charge in [0, 0.05) is 25.3 Å². The molecule has 2 aromatic rings. The number of nitrogens with one attached hydrogen (secondary N) is 1. The third kappa shape index (κ3) is 2.77. The van der Waals surface area contributed by atoms with E-state index in [1.54, 1.807) is 12.1 Å². The fourth-order valence-electron chi connectivity index (χ4n) is 2.42. The molecule has 1 saturated heterocycles. The summed E-state index contributed by atoms with van der Waals surface area (Å²) in [6, 6.07) is 5.41. The van der Waals surface area contributed by atoms with Crippen LogP contribution in [-0.4, -0.2) is 29.6 Å². The van der Waals surface area contributed by atoms with Crippen molar-refractivity contribution in [1.82, 2.24) is 4.98 Å². The van der Waals surface area contributed by atoms with Crippen molar-refractivity contribution in [2.24, 2.45) is 5.73 Å². The molecule has 0 aliphatic carbocycles. The second-order valence-corrected chi connectivity index (χ2v) is 5.37. The molecule has 1 aromatic heterocycles. The quantitative estimate of drug-likeness (QED) is 0.899. The number of nitrogens with zero attached hydrogens (tertiary/aromatic N) is 1. The van der Waals surface area contributed by atoms with Crippen LogP contribution in [0.25, 0.3) is 11.1 Å². The summed E-state index contributed by atoms with van der Waals surface area (Å²) >= 11 is 0. The van der Waals surface area contributed by atoms with Crippen molar-refractivity contribution in [1.29, 1.82) is 0 Å². The van der Waals surface area contributed by atoms with E-state index in [-0.39, 0.29) is 5.91 Å². The zero-order chi connectivity index (χ0) is 14.9. The number of anilines is 1. The van der Waals surface area contributed by atoms with Gasteiger partial charge in [-0.25, -0.2) is 4.98 Å². The average Bonchev–Trinajstić information content (AvgIpc) is 2.90. The van der Waals surface area contributed by atoms with Gasteiger partial charge in [-0.3, -0.25) is 4.79 Å². The van der Waals surface area contributed by atoms with Crippen molar-refractivity contribution in [2.45, 2.75) is 31.7 Å². The molecular weight excluding hydrogens is 270 g/mol. The van der Waals surface area contributed by atoms with Crippen LogP contribution in [0.2, 0.25) is 0 Å². The summed E-state index contributed by atoms with van der Waals surface area (Å²) in [5, 5.41) is 2.87. The number of rotatable bonds is 3. The number of aryl methyl sites for hydroxylation is 1. The van der Waals surface area contributed by atoms with Gasteiger partial charge in [-0.15, -0.1) is 0 Å². The first-order valence-corrected chi connectivity index (χ1v) is 7.18. The first-order chi connectivity index (χ1) is 10.1.